The molecule has 25 heavy (non-hydrogen) atoms. The van der Waals surface area contributed by atoms with Crippen LogP contribution in [0.5, 0.6) is 0 Å². The van der Waals surface area contributed by atoms with Crippen molar-refractivity contribution in [3.63, 3.8) is 0 Å². The van der Waals surface area contributed by atoms with Crippen molar-refractivity contribution in [1.82, 2.24) is 19.1 Å². The molecule has 0 saturated heterocycles. The molecule has 0 aliphatic rings. The van der Waals surface area contributed by atoms with Gasteiger partial charge in [0, 0.05) is 35.4 Å². The lowest BCUT2D eigenvalue weighted by molar-refractivity contribution is -0.116. The molecular formula is C16H16ClN5O2S. The second kappa shape index (κ2) is 7.30. The number of aromatic amines is 1. The maximum Gasteiger partial charge on any atom is 0.252 e. The summed E-state index contributed by atoms with van der Waals surface area (Å²) in [5, 5.41) is 11.2. The van der Waals surface area contributed by atoms with E-state index in [2.05, 4.69) is 15.5 Å². The summed E-state index contributed by atoms with van der Waals surface area (Å²) in [6.45, 7) is 0.141. The Bertz CT molecular complexity index is 984. The zero-order valence-corrected chi connectivity index (χ0v) is 15.2. The minimum Gasteiger partial charge on any atom is -0.325 e. The molecular weight excluding hydrogens is 362 g/mol. The quantitative estimate of drug-likeness (QED) is 0.667. The highest BCUT2D eigenvalue weighted by Crippen LogP contribution is 2.31. The number of nitrogens with one attached hydrogen (secondary N) is 2. The Morgan fingerprint density at radius 2 is 2.24 bits per heavy atom. The van der Waals surface area contributed by atoms with Crippen molar-refractivity contribution in [2.24, 2.45) is 7.05 Å². The smallest absolute Gasteiger partial charge is 0.252 e. The van der Waals surface area contributed by atoms with E-state index in [0.717, 1.165) is 15.8 Å². The first kappa shape index (κ1) is 17.5. The van der Waals surface area contributed by atoms with Crippen LogP contribution in [0, 0.1) is 0 Å². The van der Waals surface area contributed by atoms with Gasteiger partial charge in [-0.1, -0.05) is 11.6 Å². The number of hydrogen-bond donors (Lipinski definition) is 2. The van der Waals surface area contributed by atoms with Crippen molar-refractivity contribution in [2.75, 3.05) is 18.9 Å². The number of amides is 1. The highest BCUT2D eigenvalue weighted by molar-refractivity contribution is 7.97. The molecule has 1 aromatic carbocycles. The molecule has 7 nitrogen and oxygen atoms in total. The van der Waals surface area contributed by atoms with Crippen LogP contribution >= 0.6 is 23.5 Å². The average Bonchev–Trinajstić information content (AvgIpc) is 2.99. The summed E-state index contributed by atoms with van der Waals surface area (Å²) in [6, 6.07) is 6.71. The number of pyridine rings is 1. The Labute approximate surface area is 153 Å². The first-order chi connectivity index (χ1) is 11.9. The number of carbonyl (C=O) groups excluding carboxylic acids is 1. The van der Waals surface area contributed by atoms with Gasteiger partial charge in [-0.3, -0.25) is 14.7 Å². The van der Waals surface area contributed by atoms with Gasteiger partial charge >= 0.3 is 0 Å². The molecule has 0 bridgehead atoms. The molecule has 0 fully saturated rings. The fourth-order valence-corrected chi connectivity index (χ4v) is 3.53. The molecule has 0 aliphatic carbocycles. The summed E-state index contributed by atoms with van der Waals surface area (Å²) in [7, 11) is 3.46. The highest BCUT2D eigenvalue weighted by Gasteiger charge is 2.12. The van der Waals surface area contributed by atoms with Crippen molar-refractivity contribution in [2.45, 2.75) is 4.90 Å². The van der Waals surface area contributed by atoms with Crippen molar-refractivity contribution >= 4 is 46.0 Å². The summed E-state index contributed by atoms with van der Waals surface area (Å²) in [5.74, 6) is -0.217. The predicted molar refractivity (Wildman–Crippen MR) is 99.9 cm³/mol. The van der Waals surface area contributed by atoms with Gasteiger partial charge in [0.25, 0.3) is 5.56 Å². The molecule has 130 valence electrons. The molecule has 2 heterocycles. The number of rotatable bonds is 5. The van der Waals surface area contributed by atoms with Crippen LogP contribution in [-0.2, 0) is 11.8 Å². The Morgan fingerprint density at radius 3 is 3.00 bits per heavy atom. The van der Waals surface area contributed by atoms with Gasteiger partial charge in [-0.05, 0) is 37.2 Å². The Kier molecular flexibility index (Phi) is 5.12. The standard InChI is InChI=1S/C16H16ClN5O2S/c1-21-4-3-12(7-15(21)24)19-14(23)9-22(2)25-13-6-11(17)5-10-8-18-20-16(10)13/h3-8H,9H2,1-2H3,(H,18,20)(H,19,23). The molecule has 2 N–H and O–H groups in total. The fraction of sp³-hybridized carbons (Fsp3) is 0.188. The van der Waals surface area contributed by atoms with E-state index in [-0.39, 0.29) is 18.0 Å². The van der Waals surface area contributed by atoms with Gasteiger partial charge in [-0.25, -0.2) is 4.31 Å². The fourth-order valence-electron chi connectivity index (χ4n) is 2.29. The number of halogens is 1. The molecule has 3 aromatic rings. The van der Waals surface area contributed by atoms with E-state index in [1.807, 2.05) is 12.1 Å². The maximum atomic E-state index is 12.2. The molecule has 0 radical (unpaired) electrons. The topological polar surface area (TPSA) is 83.0 Å². The van der Waals surface area contributed by atoms with E-state index in [9.17, 15) is 9.59 Å². The predicted octanol–water partition coefficient (Wildman–Crippen LogP) is 2.49. The monoisotopic (exact) mass is 377 g/mol. The number of anilines is 1. The zero-order chi connectivity index (χ0) is 18.0. The number of benzene rings is 1. The van der Waals surface area contributed by atoms with Crippen LogP contribution in [0.25, 0.3) is 10.9 Å². The van der Waals surface area contributed by atoms with E-state index < -0.39 is 0 Å². The summed E-state index contributed by atoms with van der Waals surface area (Å²) in [5.41, 5.74) is 1.17. The van der Waals surface area contributed by atoms with Crippen LogP contribution < -0.4 is 10.9 Å². The number of H-pyrrole nitrogens is 1. The third kappa shape index (κ3) is 4.22. The van der Waals surface area contributed by atoms with Crippen LogP contribution in [0.1, 0.15) is 0 Å². The molecule has 1 amide bonds. The van der Waals surface area contributed by atoms with Crippen LogP contribution in [-0.4, -0.2) is 38.6 Å². The normalized spacial score (nSPS) is 11.2. The lowest BCUT2D eigenvalue weighted by Gasteiger charge is -2.16. The second-order valence-corrected chi connectivity index (χ2v) is 7.21. The lowest BCUT2D eigenvalue weighted by Crippen LogP contribution is -2.26. The van der Waals surface area contributed by atoms with Crippen LogP contribution in [0.3, 0.4) is 0 Å². The highest BCUT2D eigenvalue weighted by atomic mass is 35.5. The molecule has 0 saturated carbocycles. The van der Waals surface area contributed by atoms with Crippen molar-refractivity contribution in [3.8, 4) is 0 Å². The van der Waals surface area contributed by atoms with Crippen molar-refractivity contribution < 1.29 is 4.79 Å². The number of hydrogen-bond acceptors (Lipinski definition) is 5. The van der Waals surface area contributed by atoms with Crippen molar-refractivity contribution in [1.29, 1.82) is 0 Å². The van der Waals surface area contributed by atoms with Gasteiger partial charge in [-0.2, -0.15) is 5.10 Å². The lowest BCUT2D eigenvalue weighted by atomic mass is 10.3. The van der Waals surface area contributed by atoms with E-state index in [1.54, 1.807) is 36.9 Å². The zero-order valence-electron chi connectivity index (χ0n) is 13.6. The number of fused-ring (bicyclic) bond motifs is 1. The van der Waals surface area contributed by atoms with Gasteiger partial charge in [0.15, 0.2) is 0 Å². The Morgan fingerprint density at radius 1 is 1.44 bits per heavy atom. The molecule has 0 unspecified atom stereocenters. The molecule has 9 heteroatoms. The first-order valence-corrected chi connectivity index (χ1v) is 8.56. The maximum absolute atomic E-state index is 12.2. The van der Waals surface area contributed by atoms with Gasteiger partial charge in [0.2, 0.25) is 5.91 Å². The first-order valence-electron chi connectivity index (χ1n) is 7.40. The van der Waals surface area contributed by atoms with Crippen LogP contribution in [0.2, 0.25) is 5.02 Å². The number of likely N-dealkylation sites (N-methyl/N-ethyl adjacent to an activating group) is 1. The largest absolute Gasteiger partial charge is 0.325 e. The Balaban J connectivity index is 1.66. The molecule has 2 aromatic heterocycles. The van der Waals surface area contributed by atoms with E-state index in [1.165, 1.54) is 22.6 Å². The number of aryl methyl sites for hydroxylation is 1. The number of aromatic nitrogens is 3. The summed E-state index contributed by atoms with van der Waals surface area (Å²) in [6.07, 6.45) is 3.31. The molecule has 0 spiro atoms. The number of carbonyl (C=O) groups is 1. The van der Waals surface area contributed by atoms with Crippen molar-refractivity contribution in [3.05, 3.63) is 52.0 Å². The Hall–Kier alpha value is -2.29. The van der Waals surface area contributed by atoms with Crippen LogP contribution in [0.15, 0.2) is 46.3 Å². The molecule has 3 rings (SSSR count). The minimum atomic E-state index is -0.217. The van der Waals surface area contributed by atoms with Gasteiger partial charge in [0.1, 0.15) is 0 Å². The number of nitrogens with zero attached hydrogens (tertiary/aromatic N) is 3. The summed E-state index contributed by atoms with van der Waals surface area (Å²) >= 11 is 7.51. The van der Waals surface area contributed by atoms with Gasteiger partial charge < -0.3 is 9.88 Å². The minimum absolute atomic E-state index is 0.141. The molecule has 0 atom stereocenters. The third-order valence-corrected chi connectivity index (χ3v) is 4.66. The SMILES string of the molecule is CN(CC(=O)Nc1ccn(C)c(=O)c1)Sc1cc(Cl)cc2cn[nH]c12. The van der Waals surface area contributed by atoms with E-state index in [4.69, 9.17) is 11.6 Å². The summed E-state index contributed by atoms with van der Waals surface area (Å²) in [4.78, 5) is 24.6. The second-order valence-electron chi connectivity index (χ2n) is 5.53. The van der Waals surface area contributed by atoms with E-state index >= 15 is 0 Å². The van der Waals surface area contributed by atoms with Gasteiger partial charge in [0.05, 0.1) is 23.2 Å². The van der Waals surface area contributed by atoms with Crippen LogP contribution in [0.4, 0.5) is 5.69 Å². The third-order valence-electron chi connectivity index (χ3n) is 3.49. The van der Waals surface area contributed by atoms with Gasteiger partial charge in [-0.15, -0.1) is 0 Å². The van der Waals surface area contributed by atoms with E-state index in [0.29, 0.717) is 10.7 Å². The summed E-state index contributed by atoms with van der Waals surface area (Å²) < 4.78 is 3.22. The average molecular weight is 378 g/mol. The molecule has 0 aliphatic heterocycles.